The minimum Gasteiger partial charge on any atom is -0.395 e. The number of ether oxygens (including phenoxy) is 2. The average molecular weight is 224 g/mol. The minimum absolute atomic E-state index is 0.0974. The predicted molar refractivity (Wildman–Crippen MR) is 62.0 cm³/mol. The summed E-state index contributed by atoms with van der Waals surface area (Å²) in [5, 5.41) is 9.62. The Morgan fingerprint density at radius 2 is 2.12 bits per heavy atom. The van der Waals surface area contributed by atoms with Crippen LogP contribution in [0.5, 0.6) is 0 Å². The summed E-state index contributed by atoms with van der Waals surface area (Å²) in [6.45, 7) is 9.40. The number of hydrogen-bond acceptors (Lipinski definition) is 3. The second-order valence-electron chi connectivity index (χ2n) is 5.11. The van der Waals surface area contributed by atoms with Crippen molar-refractivity contribution in [3.63, 3.8) is 0 Å². The Kier molecular flexibility index (Phi) is 2.95. The summed E-state index contributed by atoms with van der Waals surface area (Å²) < 4.78 is 11.4. The van der Waals surface area contributed by atoms with Crippen molar-refractivity contribution in [3.05, 3.63) is 23.8 Å². The van der Waals surface area contributed by atoms with Crippen LogP contribution in [0.2, 0.25) is 0 Å². The van der Waals surface area contributed by atoms with E-state index < -0.39 is 5.79 Å². The van der Waals surface area contributed by atoms with Crippen LogP contribution in [0.1, 0.15) is 26.7 Å². The van der Waals surface area contributed by atoms with Crippen LogP contribution in [-0.4, -0.2) is 30.7 Å². The van der Waals surface area contributed by atoms with E-state index in [1.807, 2.05) is 13.8 Å². The summed E-state index contributed by atoms with van der Waals surface area (Å²) in [5.41, 5.74) is 1.86. The smallest absolute Gasteiger partial charge is 0.172 e. The molecule has 1 atom stereocenters. The molecule has 2 rings (SSSR count). The van der Waals surface area contributed by atoms with E-state index in [-0.39, 0.29) is 12.0 Å². The highest BCUT2D eigenvalue weighted by Crippen LogP contribution is 2.47. The zero-order chi connectivity index (χ0) is 11.8. The van der Waals surface area contributed by atoms with Gasteiger partial charge in [-0.2, -0.15) is 0 Å². The van der Waals surface area contributed by atoms with E-state index in [4.69, 9.17) is 9.47 Å². The Labute approximate surface area is 96.7 Å². The van der Waals surface area contributed by atoms with E-state index in [0.717, 1.165) is 17.6 Å². The van der Waals surface area contributed by atoms with E-state index in [0.29, 0.717) is 19.6 Å². The third kappa shape index (κ3) is 1.83. The monoisotopic (exact) mass is 224 g/mol. The van der Waals surface area contributed by atoms with Gasteiger partial charge in [0.15, 0.2) is 5.79 Å². The van der Waals surface area contributed by atoms with Gasteiger partial charge in [-0.1, -0.05) is 25.2 Å². The average Bonchev–Trinajstić information content (AvgIpc) is 2.65. The molecular weight excluding hydrogens is 204 g/mol. The van der Waals surface area contributed by atoms with Crippen LogP contribution in [0.4, 0.5) is 0 Å². The van der Waals surface area contributed by atoms with Crippen molar-refractivity contribution in [1.29, 1.82) is 0 Å². The molecule has 3 nitrogen and oxygen atoms in total. The van der Waals surface area contributed by atoms with Crippen molar-refractivity contribution < 1.29 is 14.6 Å². The largest absolute Gasteiger partial charge is 0.395 e. The van der Waals surface area contributed by atoms with Crippen molar-refractivity contribution in [2.75, 3.05) is 19.8 Å². The van der Waals surface area contributed by atoms with Gasteiger partial charge in [0.2, 0.25) is 0 Å². The van der Waals surface area contributed by atoms with Crippen molar-refractivity contribution in [3.8, 4) is 0 Å². The third-order valence-corrected chi connectivity index (χ3v) is 3.55. The van der Waals surface area contributed by atoms with Gasteiger partial charge in [-0.05, 0) is 12.5 Å². The predicted octanol–water partition coefficient (Wildman–Crippen LogP) is 2.02. The van der Waals surface area contributed by atoms with E-state index in [1.165, 1.54) is 0 Å². The molecule has 0 saturated carbocycles. The SMILES string of the molecule is C=C(C)C1=CCC2(CC1(C)CO)OCCO2. The van der Waals surface area contributed by atoms with Gasteiger partial charge in [0, 0.05) is 18.3 Å². The molecule has 1 spiro atoms. The molecule has 1 fully saturated rings. The number of hydrogen-bond donors (Lipinski definition) is 1. The van der Waals surface area contributed by atoms with Crippen molar-refractivity contribution in [1.82, 2.24) is 0 Å². The van der Waals surface area contributed by atoms with Gasteiger partial charge >= 0.3 is 0 Å². The molecule has 1 heterocycles. The summed E-state index contributed by atoms with van der Waals surface area (Å²) >= 11 is 0. The van der Waals surface area contributed by atoms with Gasteiger partial charge in [-0.25, -0.2) is 0 Å². The third-order valence-electron chi connectivity index (χ3n) is 3.55. The Morgan fingerprint density at radius 1 is 1.50 bits per heavy atom. The Bertz CT molecular complexity index is 326. The fourth-order valence-electron chi connectivity index (χ4n) is 2.81. The topological polar surface area (TPSA) is 38.7 Å². The highest BCUT2D eigenvalue weighted by molar-refractivity contribution is 5.35. The molecule has 2 aliphatic rings. The zero-order valence-corrected chi connectivity index (χ0v) is 10.1. The highest BCUT2D eigenvalue weighted by atomic mass is 16.7. The lowest BCUT2D eigenvalue weighted by atomic mass is 9.70. The lowest BCUT2D eigenvalue weighted by Gasteiger charge is -2.42. The maximum atomic E-state index is 9.62. The molecule has 90 valence electrons. The van der Waals surface area contributed by atoms with Crippen LogP contribution in [0, 0.1) is 5.41 Å². The van der Waals surface area contributed by atoms with Gasteiger partial charge in [0.25, 0.3) is 0 Å². The lowest BCUT2D eigenvalue weighted by molar-refractivity contribution is -0.181. The number of rotatable bonds is 2. The molecule has 16 heavy (non-hydrogen) atoms. The first-order chi connectivity index (χ1) is 7.51. The van der Waals surface area contributed by atoms with Gasteiger partial charge in [0.05, 0.1) is 19.8 Å². The second-order valence-corrected chi connectivity index (χ2v) is 5.11. The summed E-state index contributed by atoms with van der Waals surface area (Å²) in [4.78, 5) is 0. The first kappa shape index (κ1) is 11.8. The van der Waals surface area contributed by atoms with Gasteiger partial charge in [0.1, 0.15) is 0 Å². The summed E-state index contributed by atoms with van der Waals surface area (Å²) in [5.74, 6) is -0.504. The van der Waals surface area contributed by atoms with Crippen LogP contribution in [0.25, 0.3) is 0 Å². The van der Waals surface area contributed by atoms with E-state index in [2.05, 4.69) is 12.7 Å². The standard InChI is InChI=1S/C13H20O3/c1-10(2)11-4-5-13(15-6-7-16-13)8-12(11,3)9-14/h4,14H,1,5-9H2,2-3H3. The van der Waals surface area contributed by atoms with E-state index in [1.54, 1.807) is 0 Å². The molecule has 1 N–H and O–H groups in total. The molecule has 0 aromatic rings. The van der Waals surface area contributed by atoms with E-state index in [9.17, 15) is 5.11 Å². The quantitative estimate of drug-likeness (QED) is 0.780. The molecule has 0 bridgehead atoms. The van der Waals surface area contributed by atoms with E-state index >= 15 is 0 Å². The van der Waals surface area contributed by atoms with Crippen LogP contribution < -0.4 is 0 Å². The minimum atomic E-state index is -0.504. The first-order valence-electron chi connectivity index (χ1n) is 5.77. The van der Waals surface area contributed by atoms with Crippen molar-refractivity contribution in [2.24, 2.45) is 5.41 Å². The molecule has 1 unspecified atom stereocenters. The molecule has 0 aromatic heterocycles. The molecule has 0 amide bonds. The zero-order valence-electron chi connectivity index (χ0n) is 10.1. The maximum absolute atomic E-state index is 9.62. The lowest BCUT2D eigenvalue weighted by Crippen LogP contribution is -2.42. The summed E-state index contributed by atoms with van der Waals surface area (Å²) in [6, 6.07) is 0. The molecule has 3 heteroatoms. The van der Waals surface area contributed by atoms with Crippen LogP contribution in [-0.2, 0) is 9.47 Å². The molecule has 1 aliphatic carbocycles. The fraction of sp³-hybridized carbons (Fsp3) is 0.692. The van der Waals surface area contributed by atoms with Crippen LogP contribution in [0.15, 0.2) is 23.8 Å². The fourth-order valence-corrected chi connectivity index (χ4v) is 2.81. The van der Waals surface area contributed by atoms with Crippen LogP contribution >= 0.6 is 0 Å². The molecule has 1 saturated heterocycles. The summed E-state index contributed by atoms with van der Waals surface area (Å²) in [6.07, 6.45) is 3.56. The number of aliphatic hydroxyl groups excluding tert-OH is 1. The Hall–Kier alpha value is -0.640. The number of allylic oxidation sites excluding steroid dienone is 1. The van der Waals surface area contributed by atoms with Crippen molar-refractivity contribution in [2.45, 2.75) is 32.5 Å². The summed E-state index contributed by atoms with van der Waals surface area (Å²) in [7, 11) is 0. The molecule has 1 aliphatic heterocycles. The molecule has 0 radical (unpaired) electrons. The van der Waals surface area contributed by atoms with Gasteiger partial charge in [-0.3, -0.25) is 0 Å². The normalized spacial score (nSPS) is 32.8. The first-order valence-corrected chi connectivity index (χ1v) is 5.77. The van der Waals surface area contributed by atoms with Crippen LogP contribution in [0.3, 0.4) is 0 Å². The molecular formula is C13H20O3. The van der Waals surface area contributed by atoms with Gasteiger partial charge in [-0.15, -0.1) is 0 Å². The highest BCUT2D eigenvalue weighted by Gasteiger charge is 2.47. The van der Waals surface area contributed by atoms with Crippen molar-refractivity contribution >= 4 is 0 Å². The Morgan fingerprint density at radius 3 is 2.62 bits per heavy atom. The second kappa shape index (κ2) is 3.99. The maximum Gasteiger partial charge on any atom is 0.172 e. The number of aliphatic hydroxyl groups is 1. The Balaban J connectivity index is 2.30. The van der Waals surface area contributed by atoms with Gasteiger partial charge < -0.3 is 14.6 Å². The molecule has 0 aromatic carbocycles.